The molecule has 0 aliphatic rings. The molecule has 0 saturated carbocycles. The number of benzene rings is 1. The number of hydrogen-bond donors (Lipinski definition) is 2. The van der Waals surface area contributed by atoms with E-state index < -0.39 is 15.8 Å². The fourth-order valence-corrected chi connectivity index (χ4v) is 4.57. The van der Waals surface area contributed by atoms with E-state index in [0.29, 0.717) is 16.7 Å². The van der Waals surface area contributed by atoms with Gasteiger partial charge in [0.2, 0.25) is 0 Å². The molecule has 0 spiro atoms. The second-order valence-electron chi connectivity index (χ2n) is 3.98. The lowest BCUT2D eigenvalue weighted by Gasteiger charge is -2.08. The van der Waals surface area contributed by atoms with Crippen molar-refractivity contribution in [1.82, 2.24) is 5.32 Å². The van der Waals surface area contributed by atoms with Crippen LogP contribution in [-0.2, 0) is 16.6 Å². The third-order valence-electron chi connectivity index (χ3n) is 2.43. The maximum absolute atomic E-state index is 13.0. The summed E-state index contributed by atoms with van der Waals surface area (Å²) in [5.41, 5.74) is 0.301. The predicted octanol–water partition coefficient (Wildman–Crippen LogP) is 3.17. The Hall–Kier alpha value is -0.960. The number of nitrogens with one attached hydrogen (secondary N) is 2. The highest BCUT2D eigenvalue weighted by molar-refractivity contribution is 9.10. The molecule has 108 valence electrons. The van der Waals surface area contributed by atoms with Gasteiger partial charge in [0.05, 0.1) is 5.69 Å². The fraction of sp³-hybridized carbons (Fsp3) is 0.167. The van der Waals surface area contributed by atoms with E-state index in [0.717, 1.165) is 4.88 Å². The van der Waals surface area contributed by atoms with Gasteiger partial charge in [-0.25, -0.2) is 12.8 Å². The number of thiophene rings is 1. The van der Waals surface area contributed by atoms with Gasteiger partial charge in [-0.1, -0.05) is 0 Å². The van der Waals surface area contributed by atoms with E-state index in [-0.39, 0.29) is 4.21 Å². The van der Waals surface area contributed by atoms with Gasteiger partial charge in [-0.15, -0.1) is 11.3 Å². The topological polar surface area (TPSA) is 58.2 Å². The number of hydrogen-bond acceptors (Lipinski definition) is 4. The molecule has 20 heavy (non-hydrogen) atoms. The Balaban J connectivity index is 2.26. The van der Waals surface area contributed by atoms with Crippen molar-refractivity contribution in [1.29, 1.82) is 0 Å². The Kier molecular flexibility index (Phi) is 4.79. The molecule has 1 aromatic heterocycles. The van der Waals surface area contributed by atoms with Gasteiger partial charge in [-0.2, -0.15) is 0 Å². The molecule has 0 atom stereocenters. The van der Waals surface area contributed by atoms with Gasteiger partial charge in [-0.05, 0) is 53.3 Å². The van der Waals surface area contributed by atoms with Crippen molar-refractivity contribution in [3.8, 4) is 0 Å². The summed E-state index contributed by atoms with van der Waals surface area (Å²) in [7, 11) is -1.86. The molecule has 0 amide bonds. The number of sulfonamides is 1. The summed E-state index contributed by atoms with van der Waals surface area (Å²) in [6.07, 6.45) is 0. The highest BCUT2D eigenvalue weighted by Gasteiger charge is 2.18. The SMILES string of the molecule is CNCc1ccc(S(=O)(=O)Nc2ccc(F)cc2Br)s1. The average molecular weight is 379 g/mol. The third kappa shape index (κ3) is 3.57. The molecule has 1 aromatic carbocycles. The van der Waals surface area contributed by atoms with Gasteiger partial charge >= 0.3 is 0 Å². The summed E-state index contributed by atoms with van der Waals surface area (Å²) in [6, 6.07) is 7.09. The van der Waals surface area contributed by atoms with Gasteiger partial charge in [0.15, 0.2) is 0 Å². The number of halogens is 2. The highest BCUT2D eigenvalue weighted by Crippen LogP contribution is 2.28. The summed E-state index contributed by atoms with van der Waals surface area (Å²) in [5.74, 6) is -0.438. The van der Waals surface area contributed by atoms with Gasteiger partial charge in [0, 0.05) is 15.9 Å². The first-order chi connectivity index (χ1) is 9.42. The fourth-order valence-electron chi connectivity index (χ4n) is 1.54. The summed E-state index contributed by atoms with van der Waals surface area (Å²) < 4.78 is 40.4. The van der Waals surface area contributed by atoms with Crippen molar-refractivity contribution in [2.45, 2.75) is 10.8 Å². The minimum absolute atomic E-state index is 0.221. The van der Waals surface area contributed by atoms with Crippen molar-refractivity contribution >= 4 is 43.0 Å². The molecule has 0 fully saturated rings. The zero-order valence-electron chi connectivity index (χ0n) is 10.5. The van der Waals surface area contributed by atoms with E-state index in [1.807, 2.05) is 0 Å². The third-order valence-corrected chi connectivity index (χ3v) is 6.03. The molecular formula is C12H12BrFN2O2S2. The molecule has 2 N–H and O–H groups in total. The maximum atomic E-state index is 13.0. The normalized spacial score (nSPS) is 11.6. The summed E-state index contributed by atoms with van der Waals surface area (Å²) in [6.45, 7) is 0.612. The van der Waals surface area contributed by atoms with Crippen LogP contribution in [0.15, 0.2) is 39.0 Å². The molecule has 2 aromatic rings. The summed E-state index contributed by atoms with van der Waals surface area (Å²) in [5, 5.41) is 2.96. The van der Waals surface area contributed by atoms with Crippen LogP contribution >= 0.6 is 27.3 Å². The van der Waals surface area contributed by atoms with Crippen LogP contribution in [0.2, 0.25) is 0 Å². The van der Waals surface area contributed by atoms with Gasteiger partial charge in [-0.3, -0.25) is 4.72 Å². The van der Waals surface area contributed by atoms with Gasteiger partial charge < -0.3 is 5.32 Å². The first-order valence-corrected chi connectivity index (χ1v) is 8.73. The lowest BCUT2D eigenvalue weighted by molar-refractivity contribution is 0.603. The highest BCUT2D eigenvalue weighted by atomic mass is 79.9. The van der Waals surface area contributed by atoms with Gasteiger partial charge in [0.25, 0.3) is 10.0 Å². The molecule has 8 heteroatoms. The number of anilines is 1. The Morgan fingerprint density at radius 2 is 2.05 bits per heavy atom. The molecule has 2 rings (SSSR count). The van der Waals surface area contributed by atoms with E-state index >= 15 is 0 Å². The Morgan fingerprint density at radius 1 is 1.30 bits per heavy atom. The van der Waals surface area contributed by atoms with Crippen LogP contribution in [0.4, 0.5) is 10.1 Å². The largest absolute Gasteiger partial charge is 0.315 e. The van der Waals surface area contributed by atoms with E-state index in [9.17, 15) is 12.8 Å². The van der Waals surface area contributed by atoms with E-state index in [4.69, 9.17) is 0 Å². The van der Waals surface area contributed by atoms with E-state index in [2.05, 4.69) is 26.0 Å². The lowest BCUT2D eigenvalue weighted by Crippen LogP contribution is -2.12. The van der Waals surface area contributed by atoms with Crippen LogP contribution in [-0.4, -0.2) is 15.5 Å². The summed E-state index contributed by atoms with van der Waals surface area (Å²) in [4.78, 5) is 0.922. The second-order valence-corrected chi connectivity index (χ2v) is 7.91. The Morgan fingerprint density at radius 3 is 2.70 bits per heavy atom. The molecule has 0 bridgehead atoms. The number of rotatable bonds is 5. The van der Waals surface area contributed by atoms with Crippen LogP contribution in [0.25, 0.3) is 0 Å². The zero-order chi connectivity index (χ0) is 14.8. The first-order valence-electron chi connectivity index (χ1n) is 5.63. The summed E-state index contributed by atoms with van der Waals surface area (Å²) >= 11 is 4.32. The van der Waals surface area contributed by atoms with Crippen LogP contribution < -0.4 is 10.0 Å². The molecule has 0 aliphatic heterocycles. The quantitative estimate of drug-likeness (QED) is 0.839. The lowest BCUT2D eigenvalue weighted by atomic mass is 10.3. The molecule has 4 nitrogen and oxygen atoms in total. The minimum atomic E-state index is -3.66. The average Bonchev–Trinajstić information content (AvgIpc) is 2.83. The van der Waals surface area contributed by atoms with Crippen molar-refractivity contribution in [3.63, 3.8) is 0 Å². The van der Waals surface area contributed by atoms with Crippen molar-refractivity contribution in [2.75, 3.05) is 11.8 Å². The van der Waals surface area contributed by atoms with E-state index in [1.165, 1.54) is 29.5 Å². The second kappa shape index (κ2) is 6.21. The Bertz CT molecular complexity index is 716. The maximum Gasteiger partial charge on any atom is 0.271 e. The monoisotopic (exact) mass is 378 g/mol. The Labute approximate surface area is 129 Å². The van der Waals surface area contributed by atoms with Crippen molar-refractivity contribution in [3.05, 3.63) is 45.5 Å². The molecule has 1 heterocycles. The first kappa shape index (κ1) is 15.4. The molecule has 0 radical (unpaired) electrons. The smallest absolute Gasteiger partial charge is 0.271 e. The molecule has 0 saturated heterocycles. The zero-order valence-corrected chi connectivity index (χ0v) is 13.7. The van der Waals surface area contributed by atoms with Crippen LogP contribution in [0.1, 0.15) is 4.88 Å². The minimum Gasteiger partial charge on any atom is -0.315 e. The molecule has 0 aliphatic carbocycles. The van der Waals surface area contributed by atoms with Crippen molar-refractivity contribution in [2.24, 2.45) is 0 Å². The molecular weight excluding hydrogens is 367 g/mol. The van der Waals surface area contributed by atoms with Crippen LogP contribution in [0, 0.1) is 5.82 Å². The van der Waals surface area contributed by atoms with E-state index in [1.54, 1.807) is 19.2 Å². The van der Waals surface area contributed by atoms with Gasteiger partial charge in [0.1, 0.15) is 10.0 Å². The van der Waals surface area contributed by atoms with Crippen LogP contribution in [0.3, 0.4) is 0 Å². The van der Waals surface area contributed by atoms with Crippen LogP contribution in [0.5, 0.6) is 0 Å². The standard InChI is InChI=1S/C12H12BrFN2O2S2/c1-15-7-9-3-5-12(19-9)20(17,18)16-11-4-2-8(14)6-10(11)13/h2-6,15-16H,7H2,1H3. The molecule has 0 unspecified atom stereocenters. The predicted molar refractivity (Wildman–Crippen MR) is 82.0 cm³/mol. The van der Waals surface area contributed by atoms with Crippen molar-refractivity contribution < 1.29 is 12.8 Å².